The normalized spacial score (nSPS) is 23.6. The van der Waals surface area contributed by atoms with E-state index in [-0.39, 0.29) is 17.0 Å². The van der Waals surface area contributed by atoms with E-state index in [2.05, 4.69) is 10.3 Å². The van der Waals surface area contributed by atoms with E-state index in [9.17, 15) is 8.42 Å². The molecule has 180 valence electrons. The van der Waals surface area contributed by atoms with Crippen LogP contribution in [0.25, 0.3) is 0 Å². The van der Waals surface area contributed by atoms with Crippen LogP contribution in [-0.2, 0) is 21.8 Å². The third kappa shape index (κ3) is 4.96. The van der Waals surface area contributed by atoms with Crippen LogP contribution in [0.2, 0.25) is 0 Å². The van der Waals surface area contributed by atoms with Gasteiger partial charge < -0.3 is 19.4 Å². The van der Waals surface area contributed by atoms with Gasteiger partial charge in [0.05, 0.1) is 6.33 Å². The van der Waals surface area contributed by atoms with Crippen LogP contribution in [-0.4, -0.2) is 54.6 Å². The molecule has 3 atom stereocenters. The second kappa shape index (κ2) is 9.77. The zero-order chi connectivity index (χ0) is 23.5. The monoisotopic (exact) mass is 482 g/mol. The maximum Gasteiger partial charge on any atom is 0.262 e. The Morgan fingerprint density at radius 2 is 1.91 bits per heavy atom. The van der Waals surface area contributed by atoms with Gasteiger partial charge in [-0.25, -0.2) is 13.4 Å². The lowest BCUT2D eigenvalue weighted by molar-refractivity contribution is 0.0317. The first-order chi connectivity index (χ1) is 16.5. The lowest BCUT2D eigenvalue weighted by Gasteiger charge is -2.31. The quantitative estimate of drug-likeness (QED) is 0.552. The van der Waals surface area contributed by atoms with Crippen molar-refractivity contribution < 1.29 is 17.9 Å². The molecule has 3 heterocycles. The molecule has 0 spiro atoms. The molecule has 3 aromatic rings. The van der Waals surface area contributed by atoms with Gasteiger partial charge in [-0.3, -0.25) is 0 Å². The van der Waals surface area contributed by atoms with E-state index in [0.29, 0.717) is 25.6 Å². The molecule has 1 N–H and O–H groups in total. The first kappa shape index (κ1) is 22.9. The first-order valence-corrected chi connectivity index (χ1v) is 13.1. The molecular formula is C25H30N4O4S. The highest BCUT2D eigenvalue weighted by Gasteiger charge is 2.43. The number of imidazole rings is 1. The van der Waals surface area contributed by atoms with E-state index in [1.165, 1.54) is 6.33 Å². The molecule has 0 bridgehead atoms. The smallest absolute Gasteiger partial charge is 0.262 e. The third-order valence-electron chi connectivity index (χ3n) is 6.58. The van der Waals surface area contributed by atoms with Gasteiger partial charge >= 0.3 is 0 Å². The Hall–Kier alpha value is -2.88. The number of aryl methyl sites for hydroxylation is 1. The summed E-state index contributed by atoms with van der Waals surface area (Å²) < 4.78 is 41.6. The van der Waals surface area contributed by atoms with Gasteiger partial charge in [-0.15, -0.1) is 0 Å². The topological polar surface area (TPSA) is 85.7 Å². The number of aromatic nitrogens is 2. The molecule has 2 aliphatic heterocycles. The Balaban J connectivity index is 1.36. The number of nitrogens with zero attached hydrogens (tertiary/aromatic N) is 3. The Kier molecular flexibility index (Phi) is 6.58. The predicted octanol–water partition coefficient (Wildman–Crippen LogP) is 3.74. The summed E-state index contributed by atoms with van der Waals surface area (Å²) in [5, 5.41) is 3.70. The van der Waals surface area contributed by atoms with Crippen molar-refractivity contribution in [3.05, 3.63) is 67.1 Å². The summed E-state index contributed by atoms with van der Waals surface area (Å²) in [6.07, 6.45) is 5.11. The fourth-order valence-corrected chi connectivity index (χ4v) is 6.33. The van der Waals surface area contributed by atoms with Crippen molar-refractivity contribution in [1.29, 1.82) is 0 Å². The van der Waals surface area contributed by atoms with Crippen molar-refractivity contribution in [2.45, 2.75) is 23.9 Å². The van der Waals surface area contributed by atoms with E-state index in [1.54, 1.807) is 22.1 Å². The van der Waals surface area contributed by atoms with E-state index in [1.807, 2.05) is 54.6 Å². The average molecular weight is 483 g/mol. The molecule has 1 aromatic heterocycles. The van der Waals surface area contributed by atoms with Crippen molar-refractivity contribution in [3.8, 4) is 11.5 Å². The lowest BCUT2D eigenvalue weighted by atomic mass is 9.84. The number of anilines is 1. The Bertz CT molecular complexity index is 1210. The van der Waals surface area contributed by atoms with Crippen LogP contribution in [0, 0.1) is 11.8 Å². The molecule has 0 aliphatic carbocycles. The van der Waals surface area contributed by atoms with E-state index >= 15 is 0 Å². The molecule has 0 saturated carbocycles. The molecule has 0 amide bonds. The molecule has 2 saturated heterocycles. The number of para-hydroxylation sites is 1. The van der Waals surface area contributed by atoms with Gasteiger partial charge in [-0.05, 0) is 48.9 Å². The minimum atomic E-state index is -3.67. The number of ether oxygens (including phenoxy) is 2. The van der Waals surface area contributed by atoms with Crippen molar-refractivity contribution in [3.63, 3.8) is 0 Å². The highest BCUT2D eigenvalue weighted by Crippen LogP contribution is 2.35. The molecule has 34 heavy (non-hydrogen) atoms. The van der Waals surface area contributed by atoms with Crippen LogP contribution >= 0.6 is 0 Å². The fraction of sp³-hybridized carbons (Fsp3) is 0.400. The van der Waals surface area contributed by atoms with Gasteiger partial charge in [0, 0.05) is 57.3 Å². The van der Waals surface area contributed by atoms with Crippen LogP contribution in [0.1, 0.15) is 12.8 Å². The summed E-state index contributed by atoms with van der Waals surface area (Å²) in [5.41, 5.74) is 0.900. The highest BCUT2D eigenvalue weighted by molar-refractivity contribution is 7.89. The Morgan fingerprint density at radius 3 is 2.65 bits per heavy atom. The van der Waals surface area contributed by atoms with Crippen LogP contribution in [0.3, 0.4) is 0 Å². The molecule has 5 rings (SSSR count). The number of sulfonamides is 1. The molecular weight excluding hydrogens is 452 g/mol. The Labute approximate surface area is 200 Å². The number of hydrogen-bond acceptors (Lipinski definition) is 6. The maximum absolute atomic E-state index is 13.3. The van der Waals surface area contributed by atoms with Crippen LogP contribution < -0.4 is 10.1 Å². The second-order valence-corrected chi connectivity index (χ2v) is 10.9. The standard InChI is InChI=1S/C25H30N4O4S/c1-28-16-25(26-18-28)34(30,31)29-14-23(19-7-6-12-32-17-19)24(15-29)27-20-8-5-11-22(13-20)33-21-9-3-2-4-10-21/h2-5,8-11,13,16,18-19,23-24,27H,6-7,12,14-15,17H2,1H3/t19-,23-,24+/m1/s1. The minimum Gasteiger partial charge on any atom is -0.457 e. The highest BCUT2D eigenvalue weighted by atomic mass is 32.2. The van der Waals surface area contributed by atoms with Crippen LogP contribution in [0.4, 0.5) is 5.69 Å². The summed E-state index contributed by atoms with van der Waals surface area (Å²) in [4.78, 5) is 4.10. The number of hydrogen-bond donors (Lipinski definition) is 1. The zero-order valence-electron chi connectivity index (χ0n) is 19.2. The number of rotatable bonds is 7. The fourth-order valence-electron chi connectivity index (χ4n) is 4.86. The molecule has 2 aromatic carbocycles. The van der Waals surface area contributed by atoms with Crippen molar-refractivity contribution in [1.82, 2.24) is 13.9 Å². The van der Waals surface area contributed by atoms with Crippen molar-refractivity contribution >= 4 is 15.7 Å². The van der Waals surface area contributed by atoms with E-state index < -0.39 is 10.0 Å². The van der Waals surface area contributed by atoms with Crippen LogP contribution in [0.15, 0.2) is 72.1 Å². The van der Waals surface area contributed by atoms with Gasteiger partial charge in [-0.1, -0.05) is 24.3 Å². The maximum atomic E-state index is 13.3. The Morgan fingerprint density at radius 1 is 1.09 bits per heavy atom. The van der Waals surface area contributed by atoms with E-state index in [0.717, 1.165) is 36.6 Å². The molecule has 9 heteroatoms. The van der Waals surface area contributed by atoms with Crippen molar-refractivity contribution in [2.24, 2.45) is 18.9 Å². The van der Waals surface area contributed by atoms with E-state index in [4.69, 9.17) is 9.47 Å². The summed E-state index contributed by atoms with van der Waals surface area (Å²) in [6.45, 7) is 2.27. The number of benzene rings is 2. The summed E-state index contributed by atoms with van der Waals surface area (Å²) >= 11 is 0. The zero-order valence-corrected chi connectivity index (χ0v) is 20.0. The summed E-state index contributed by atoms with van der Waals surface area (Å²) in [6, 6.07) is 17.4. The molecule has 0 unspecified atom stereocenters. The molecule has 2 fully saturated rings. The van der Waals surface area contributed by atoms with Gasteiger partial charge in [0.15, 0.2) is 5.03 Å². The van der Waals surface area contributed by atoms with Gasteiger partial charge in [0.1, 0.15) is 11.5 Å². The van der Waals surface area contributed by atoms with Crippen LogP contribution in [0.5, 0.6) is 11.5 Å². The molecule has 0 radical (unpaired) electrons. The summed E-state index contributed by atoms with van der Waals surface area (Å²) in [7, 11) is -1.90. The van der Waals surface area contributed by atoms with Gasteiger partial charge in [-0.2, -0.15) is 4.31 Å². The SMILES string of the molecule is Cn1cnc(S(=O)(=O)N2C[C@H]([C@@H]3CCCOC3)[C@@H](Nc3cccc(Oc4ccccc4)c3)C2)c1. The average Bonchev–Trinajstić information content (AvgIpc) is 3.48. The molecule has 2 aliphatic rings. The third-order valence-corrected chi connectivity index (χ3v) is 8.30. The lowest BCUT2D eigenvalue weighted by Crippen LogP contribution is -2.36. The molecule has 8 nitrogen and oxygen atoms in total. The minimum absolute atomic E-state index is 0.0443. The van der Waals surface area contributed by atoms with Crippen molar-refractivity contribution in [2.75, 3.05) is 31.6 Å². The number of nitrogens with one attached hydrogen (secondary N) is 1. The summed E-state index contributed by atoms with van der Waals surface area (Å²) in [5.74, 6) is 1.94. The first-order valence-electron chi connectivity index (χ1n) is 11.6. The largest absolute Gasteiger partial charge is 0.457 e. The second-order valence-electron chi connectivity index (χ2n) is 9.03. The van der Waals surface area contributed by atoms with Gasteiger partial charge in [0.25, 0.3) is 10.0 Å². The van der Waals surface area contributed by atoms with Gasteiger partial charge in [0.2, 0.25) is 0 Å². The predicted molar refractivity (Wildman–Crippen MR) is 129 cm³/mol.